The molecule has 3 aromatic carbocycles. The summed E-state index contributed by atoms with van der Waals surface area (Å²) in [6.07, 6.45) is 0. The zero-order chi connectivity index (χ0) is 17.2. The van der Waals surface area contributed by atoms with Gasteiger partial charge in [0.1, 0.15) is 0 Å². The molecule has 118 valence electrons. The average molecular weight is 343 g/mol. The highest BCUT2D eigenvalue weighted by Gasteiger charge is 2.13. The number of benzene rings is 3. The van der Waals surface area contributed by atoms with Crippen LogP contribution in [-0.2, 0) is 0 Å². The molecule has 4 nitrogen and oxygen atoms in total. The smallest absolute Gasteiger partial charge is 0.208 e. The fraction of sp³-hybridized carbons (Fsp3) is 0. The van der Waals surface area contributed by atoms with Gasteiger partial charge in [0.05, 0.1) is 11.6 Å². The van der Waals surface area contributed by atoms with E-state index in [1.165, 1.54) is 0 Å². The van der Waals surface area contributed by atoms with E-state index in [-0.39, 0.29) is 5.28 Å². The number of hydrogen-bond donors (Lipinski definition) is 0. The van der Waals surface area contributed by atoms with Gasteiger partial charge in [-0.25, -0.2) is 4.98 Å². The van der Waals surface area contributed by atoms with Gasteiger partial charge >= 0.3 is 0 Å². The van der Waals surface area contributed by atoms with Crippen LogP contribution in [0.15, 0.2) is 66.7 Å². The van der Waals surface area contributed by atoms with Crippen LogP contribution in [0.5, 0.6) is 0 Å². The van der Waals surface area contributed by atoms with Gasteiger partial charge in [-0.1, -0.05) is 54.6 Å². The van der Waals surface area contributed by atoms with Crippen molar-refractivity contribution in [3.05, 3.63) is 77.6 Å². The summed E-state index contributed by atoms with van der Waals surface area (Å²) in [4.78, 5) is 13.1. The zero-order valence-electron chi connectivity index (χ0n) is 13.0. The second kappa shape index (κ2) is 6.31. The number of nitrogens with zero attached hydrogens (tertiary/aromatic N) is 4. The van der Waals surface area contributed by atoms with E-state index < -0.39 is 0 Å². The summed E-state index contributed by atoms with van der Waals surface area (Å²) >= 11 is 6.14. The predicted molar refractivity (Wildman–Crippen MR) is 97.9 cm³/mol. The minimum Gasteiger partial charge on any atom is -0.208 e. The van der Waals surface area contributed by atoms with Gasteiger partial charge in [-0.3, -0.25) is 0 Å². The Morgan fingerprint density at radius 1 is 0.720 bits per heavy atom. The van der Waals surface area contributed by atoms with Gasteiger partial charge in [0.15, 0.2) is 11.6 Å². The lowest BCUT2D eigenvalue weighted by Gasteiger charge is -2.08. The average Bonchev–Trinajstić information content (AvgIpc) is 2.67. The summed E-state index contributed by atoms with van der Waals surface area (Å²) in [7, 11) is 0. The van der Waals surface area contributed by atoms with Crippen molar-refractivity contribution in [1.82, 2.24) is 15.0 Å². The van der Waals surface area contributed by atoms with Crippen molar-refractivity contribution >= 4 is 22.4 Å². The fourth-order valence-corrected chi connectivity index (χ4v) is 2.94. The quantitative estimate of drug-likeness (QED) is 0.520. The summed E-state index contributed by atoms with van der Waals surface area (Å²) in [6.45, 7) is 0. The van der Waals surface area contributed by atoms with Crippen molar-refractivity contribution in [2.45, 2.75) is 0 Å². The molecule has 4 aromatic rings. The van der Waals surface area contributed by atoms with Crippen LogP contribution in [0.1, 0.15) is 5.56 Å². The first-order valence-electron chi connectivity index (χ1n) is 7.65. The van der Waals surface area contributed by atoms with Crippen LogP contribution in [0.4, 0.5) is 0 Å². The number of hydrogen-bond acceptors (Lipinski definition) is 4. The summed E-state index contributed by atoms with van der Waals surface area (Å²) in [6, 6.07) is 23.2. The second-order valence-corrected chi connectivity index (χ2v) is 5.77. The van der Waals surface area contributed by atoms with Gasteiger partial charge in [0, 0.05) is 16.5 Å². The fourth-order valence-electron chi connectivity index (χ4n) is 2.78. The SMILES string of the molecule is N#Cc1ccc(-c2nc(Cl)nc(-c3ccccc3)n2)c2ccccc12. The molecule has 0 spiro atoms. The van der Waals surface area contributed by atoms with E-state index in [4.69, 9.17) is 11.6 Å². The van der Waals surface area contributed by atoms with Crippen molar-refractivity contribution < 1.29 is 0 Å². The van der Waals surface area contributed by atoms with Gasteiger partial charge in [-0.2, -0.15) is 15.2 Å². The molecule has 0 aliphatic heterocycles. The van der Waals surface area contributed by atoms with E-state index >= 15 is 0 Å². The summed E-state index contributed by atoms with van der Waals surface area (Å²) in [5.74, 6) is 1.00. The minimum atomic E-state index is 0.136. The van der Waals surface area contributed by atoms with E-state index in [9.17, 15) is 5.26 Å². The van der Waals surface area contributed by atoms with E-state index in [1.807, 2.05) is 60.7 Å². The second-order valence-electron chi connectivity index (χ2n) is 5.44. The third kappa shape index (κ3) is 2.82. The number of rotatable bonds is 2. The Kier molecular flexibility index (Phi) is 3.85. The molecular weight excluding hydrogens is 332 g/mol. The normalized spacial score (nSPS) is 10.6. The Hall–Kier alpha value is -3.29. The highest BCUT2D eigenvalue weighted by molar-refractivity contribution is 6.28. The third-order valence-corrected chi connectivity index (χ3v) is 4.09. The van der Waals surface area contributed by atoms with E-state index in [0.717, 1.165) is 21.9 Å². The standard InChI is InChI=1S/C20H11ClN4/c21-20-24-18(13-6-2-1-3-7-13)23-19(25-20)17-11-10-14(12-22)15-8-4-5-9-16(15)17/h1-11H. The minimum absolute atomic E-state index is 0.136. The van der Waals surface area contributed by atoms with E-state index in [1.54, 1.807) is 6.07 Å². The monoisotopic (exact) mass is 342 g/mol. The molecular formula is C20H11ClN4. The number of halogens is 1. The van der Waals surface area contributed by atoms with Gasteiger partial charge < -0.3 is 0 Å². The lowest BCUT2D eigenvalue weighted by Crippen LogP contribution is -1.98. The number of aromatic nitrogens is 3. The molecule has 0 amide bonds. The molecule has 0 atom stereocenters. The molecule has 0 saturated carbocycles. The molecule has 1 heterocycles. The van der Waals surface area contributed by atoms with Crippen LogP contribution in [0.3, 0.4) is 0 Å². The zero-order valence-corrected chi connectivity index (χ0v) is 13.8. The van der Waals surface area contributed by atoms with Crippen LogP contribution >= 0.6 is 11.6 Å². The van der Waals surface area contributed by atoms with Crippen LogP contribution in [0.25, 0.3) is 33.5 Å². The number of nitriles is 1. The first-order chi connectivity index (χ1) is 12.3. The molecule has 0 fully saturated rings. The molecule has 4 rings (SSSR count). The van der Waals surface area contributed by atoms with E-state index in [0.29, 0.717) is 17.2 Å². The molecule has 1 aromatic heterocycles. The highest BCUT2D eigenvalue weighted by atomic mass is 35.5. The molecule has 0 bridgehead atoms. The molecule has 0 radical (unpaired) electrons. The predicted octanol–water partition coefficient (Wildman–Crippen LogP) is 4.88. The molecule has 0 unspecified atom stereocenters. The molecule has 0 aliphatic carbocycles. The van der Waals surface area contributed by atoms with Gasteiger partial charge in [0.2, 0.25) is 5.28 Å². The van der Waals surface area contributed by atoms with Crippen LogP contribution < -0.4 is 0 Å². The largest absolute Gasteiger partial charge is 0.226 e. The summed E-state index contributed by atoms with van der Waals surface area (Å²) < 4.78 is 0. The van der Waals surface area contributed by atoms with Crippen molar-refractivity contribution in [3.63, 3.8) is 0 Å². The van der Waals surface area contributed by atoms with Crippen molar-refractivity contribution in [2.75, 3.05) is 0 Å². The van der Waals surface area contributed by atoms with Crippen molar-refractivity contribution in [2.24, 2.45) is 0 Å². The Morgan fingerprint density at radius 3 is 2.16 bits per heavy atom. The molecule has 5 heteroatoms. The lowest BCUT2D eigenvalue weighted by molar-refractivity contribution is 1.07. The van der Waals surface area contributed by atoms with Crippen LogP contribution in [-0.4, -0.2) is 15.0 Å². The maximum absolute atomic E-state index is 9.32. The van der Waals surface area contributed by atoms with Gasteiger partial charge in [-0.05, 0) is 29.1 Å². The Balaban J connectivity index is 1.96. The molecule has 0 aliphatic rings. The lowest BCUT2D eigenvalue weighted by atomic mass is 9.99. The first kappa shape index (κ1) is 15.3. The van der Waals surface area contributed by atoms with Crippen LogP contribution in [0.2, 0.25) is 5.28 Å². The summed E-state index contributed by atoms with van der Waals surface area (Å²) in [5, 5.41) is 11.2. The Bertz CT molecular complexity index is 1120. The Morgan fingerprint density at radius 2 is 1.40 bits per heavy atom. The molecule has 0 N–H and O–H groups in total. The topological polar surface area (TPSA) is 62.5 Å². The van der Waals surface area contributed by atoms with E-state index in [2.05, 4.69) is 21.0 Å². The maximum atomic E-state index is 9.32. The third-order valence-electron chi connectivity index (χ3n) is 3.93. The van der Waals surface area contributed by atoms with Crippen molar-refractivity contribution in [3.8, 4) is 28.8 Å². The summed E-state index contributed by atoms with van der Waals surface area (Å²) in [5.41, 5.74) is 2.30. The molecule has 25 heavy (non-hydrogen) atoms. The molecule has 0 saturated heterocycles. The van der Waals surface area contributed by atoms with Crippen LogP contribution in [0, 0.1) is 11.3 Å². The van der Waals surface area contributed by atoms with Crippen molar-refractivity contribution in [1.29, 1.82) is 5.26 Å². The maximum Gasteiger partial charge on any atom is 0.226 e. The Labute approximate surface area is 149 Å². The van der Waals surface area contributed by atoms with Gasteiger partial charge in [-0.15, -0.1) is 0 Å². The number of fused-ring (bicyclic) bond motifs is 1. The first-order valence-corrected chi connectivity index (χ1v) is 8.03. The van der Waals surface area contributed by atoms with Gasteiger partial charge in [0.25, 0.3) is 0 Å². The highest BCUT2D eigenvalue weighted by Crippen LogP contribution is 2.30.